The number of rotatable bonds is 8. The number of hydrogen-bond acceptors (Lipinski definition) is 5. The van der Waals surface area contributed by atoms with Crippen LogP contribution in [0.1, 0.15) is 5.56 Å². The van der Waals surface area contributed by atoms with Gasteiger partial charge >= 0.3 is 0 Å². The first kappa shape index (κ1) is 21.6. The van der Waals surface area contributed by atoms with Gasteiger partial charge in [-0.25, -0.2) is 17.7 Å². The number of anilines is 1. The molecule has 1 N–H and O–H groups in total. The number of hydrogen-bond donors (Lipinski definition) is 1. The highest BCUT2D eigenvalue weighted by molar-refractivity contribution is 7.93. The van der Waals surface area contributed by atoms with E-state index in [0.29, 0.717) is 23.0 Å². The predicted octanol–water partition coefficient (Wildman–Crippen LogP) is 4.00. The number of thiazole rings is 1. The number of benzene rings is 2. The molecule has 0 bridgehead atoms. The second-order valence-corrected chi connectivity index (χ2v) is 9.55. The minimum atomic E-state index is -3.92. The number of sulfonamides is 1. The van der Waals surface area contributed by atoms with E-state index in [-0.39, 0.29) is 16.6 Å². The zero-order valence-electron chi connectivity index (χ0n) is 15.1. The average Bonchev–Trinajstić information content (AvgIpc) is 3.22. The predicted molar refractivity (Wildman–Crippen MR) is 116 cm³/mol. The maximum atomic E-state index is 13.0. The summed E-state index contributed by atoms with van der Waals surface area (Å²) < 4.78 is 27.1. The maximum Gasteiger partial charge on any atom is 0.266 e. The van der Waals surface area contributed by atoms with Crippen LogP contribution < -0.4 is 9.62 Å². The Kier molecular flexibility index (Phi) is 7.13. The lowest BCUT2D eigenvalue weighted by Gasteiger charge is -2.21. The molecular weight excluding hydrogens is 453 g/mol. The van der Waals surface area contributed by atoms with Gasteiger partial charge in [0.15, 0.2) is 5.13 Å². The van der Waals surface area contributed by atoms with Crippen molar-refractivity contribution in [2.75, 3.05) is 17.4 Å². The summed E-state index contributed by atoms with van der Waals surface area (Å²) in [6, 6.07) is 13.1. The van der Waals surface area contributed by atoms with Crippen LogP contribution in [-0.4, -0.2) is 32.4 Å². The van der Waals surface area contributed by atoms with Gasteiger partial charge in [-0.15, -0.1) is 11.3 Å². The van der Waals surface area contributed by atoms with Crippen molar-refractivity contribution in [3.63, 3.8) is 0 Å². The van der Waals surface area contributed by atoms with Crippen molar-refractivity contribution < 1.29 is 13.2 Å². The molecule has 29 heavy (non-hydrogen) atoms. The summed E-state index contributed by atoms with van der Waals surface area (Å²) in [7, 11) is -3.92. The number of nitrogens with one attached hydrogen (secondary N) is 1. The summed E-state index contributed by atoms with van der Waals surface area (Å²) >= 11 is 13.2. The summed E-state index contributed by atoms with van der Waals surface area (Å²) in [6.45, 7) is -0.0730. The molecule has 0 aliphatic carbocycles. The van der Waals surface area contributed by atoms with Gasteiger partial charge in [-0.05, 0) is 36.2 Å². The van der Waals surface area contributed by atoms with E-state index in [2.05, 4.69) is 10.3 Å². The van der Waals surface area contributed by atoms with E-state index < -0.39 is 15.9 Å². The lowest BCUT2D eigenvalue weighted by Crippen LogP contribution is -2.41. The van der Waals surface area contributed by atoms with Gasteiger partial charge in [0.05, 0.1) is 4.90 Å². The summed E-state index contributed by atoms with van der Waals surface area (Å²) in [5, 5.41) is 5.66. The van der Waals surface area contributed by atoms with Crippen molar-refractivity contribution >= 4 is 55.6 Å². The second-order valence-electron chi connectivity index (χ2n) is 5.98. The van der Waals surface area contributed by atoms with E-state index in [1.165, 1.54) is 18.3 Å². The van der Waals surface area contributed by atoms with E-state index in [4.69, 9.17) is 23.2 Å². The number of carbonyl (C=O) groups excluding carboxylic acids is 1. The fourth-order valence-electron chi connectivity index (χ4n) is 2.56. The Morgan fingerprint density at radius 2 is 1.90 bits per heavy atom. The van der Waals surface area contributed by atoms with Crippen molar-refractivity contribution in [1.82, 2.24) is 10.3 Å². The fourth-order valence-corrected chi connectivity index (χ4v) is 5.33. The molecule has 0 saturated carbocycles. The largest absolute Gasteiger partial charge is 0.354 e. The SMILES string of the molecule is O=C(CN(c1nccs1)S(=O)(=O)c1ccccc1)NCCc1ccc(Cl)cc1Cl. The summed E-state index contributed by atoms with van der Waals surface area (Å²) in [5.41, 5.74) is 0.838. The Morgan fingerprint density at radius 3 is 2.55 bits per heavy atom. The van der Waals surface area contributed by atoms with Gasteiger partial charge in [0.25, 0.3) is 10.0 Å². The van der Waals surface area contributed by atoms with Crippen molar-refractivity contribution in [2.45, 2.75) is 11.3 Å². The standard InChI is InChI=1S/C19H17Cl2N3O3S2/c20-15-7-6-14(17(21)12-15)8-9-22-18(25)13-24(19-23-10-11-28-19)29(26,27)16-4-2-1-3-5-16/h1-7,10-12H,8-9,13H2,(H,22,25). The highest BCUT2D eigenvalue weighted by Crippen LogP contribution is 2.25. The molecule has 152 valence electrons. The molecule has 0 spiro atoms. The Morgan fingerprint density at radius 1 is 1.14 bits per heavy atom. The van der Waals surface area contributed by atoms with Crippen LogP contribution in [0.2, 0.25) is 10.0 Å². The number of nitrogens with zero attached hydrogens (tertiary/aromatic N) is 2. The van der Waals surface area contributed by atoms with Crippen LogP contribution in [0.3, 0.4) is 0 Å². The molecule has 10 heteroatoms. The zero-order chi connectivity index (χ0) is 20.9. The van der Waals surface area contributed by atoms with Crippen molar-refractivity contribution in [1.29, 1.82) is 0 Å². The second kappa shape index (κ2) is 9.58. The van der Waals surface area contributed by atoms with E-state index in [0.717, 1.165) is 21.2 Å². The lowest BCUT2D eigenvalue weighted by molar-refractivity contribution is -0.119. The summed E-state index contributed by atoms with van der Waals surface area (Å²) in [4.78, 5) is 16.6. The summed E-state index contributed by atoms with van der Waals surface area (Å²) in [6.07, 6.45) is 1.98. The zero-order valence-corrected chi connectivity index (χ0v) is 18.2. The van der Waals surface area contributed by atoms with Gasteiger partial charge in [-0.2, -0.15) is 0 Å². The molecule has 0 aliphatic heterocycles. The quantitative estimate of drug-likeness (QED) is 0.540. The number of aromatic nitrogens is 1. The van der Waals surface area contributed by atoms with Crippen LogP contribution in [-0.2, 0) is 21.2 Å². The van der Waals surface area contributed by atoms with E-state index >= 15 is 0 Å². The molecule has 1 amide bonds. The third kappa shape index (κ3) is 5.48. The van der Waals surface area contributed by atoms with E-state index in [9.17, 15) is 13.2 Å². The molecule has 1 heterocycles. The molecule has 0 radical (unpaired) electrons. The van der Waals surface area contributed by atoms with E-state index in [1.54, 1.807) is 41.8 Å². The normalized spacial score (nSPS) is 11.2. The Hall–Kier alpha value is -2.13. The van der Waals surface area contributed by atoms with Gasteiger partial charge in [0.1, 0.15) is 6.54 Å². The Balaban J connectivity index is 1.69. The van der Waals surface area contributed by atoms with Crippen LogP contribution in [0.15, 0.2) is 65.0 Å². The molecule has 0 saturated heterocycles. The van der Waals surface area contributed by atoms with Crippen LogP contribution in [0.5, 0.6) is 0 Å². The summed E-state index contributed by atoms with van der Waals surface area (Å²) in [5.74, 6) is -0.440. The fraction of sp³-hybridized carbons (Fsp3) is 0.158. The smallest absolute Gasteiger partial charge is 0.266 e. The van der Waals surface area contributed by atoms with Gasteiger partial charge in [-0.1, -0.05) is 47.5 Å². The minimum absolute atomic E-state index is 0.0935. The van der Waals surface area contributed by atoms with Crippen molar-refractivity contribution in [2.24, 2.45) is 0 Å². The average molecular weight is 470 g/mol. The first-order chi connectivity index (χ1) is 13.9. The highest BCUT2D eigenvalue weighted by Gasteiger charge is 2.28. The molecule has 3 rings (SSSR count). The third-order valence-corrected chi connectivity index (χ3v) is 7.23. The first-order valence-electron chi connectivity index (χ1n) is 8.56. The number of amides is 1. The van der Waals surface area contributed by atoms with Crippen LogP contribution >= 0.6 is 34.5 Å². The lowest BCUT2D eigenvalue weighted by atomic mass is 10.1. The number of halogens is 2. The van der Waals surface area contributed by atoms with E-state index in [1.807, 2.05) is 0 Å². The molecular formula is C19H17Cl2N3O3S2. The van der Waals surface area contributed by atoms with Crippen molar-refractivity contribution in [3.8, 4) is 0 Å². The van der Waals surface area contributed by atoms with Gasteiger partial charge in [-0.3, -0.25) is 4.79 Å². The van der Waals surface area contributed by atoms with Crippen LogP contribution in [0.4, 0.5) is 5.13 Å². The molecule has 0 unspecified atom stereocenters. The minimum Gasteiger partial charge on any atom is -0.354 e. The molecule has 2 aromatic carbocycles. The van der Waals surface area contributed by atoms with Gasteiger partial charge < -0.3 is 5.32 Å². The molecule has 6 nitrogen and oxygen atoms in total. The first-order valence-corrected chi connectivity index (χ1v) is 11.6. The van der Waals surface area contributed by atoms with Crippen LogP contribution in [0, 0.1) is 0 Å². The molecule has 0 fully saturated rings. The van der Waals surface area contributed by atoms with Crippen molar-refractivity contribution in [3.05, 3.63) is 75.7 Å². The van der Waals surface area contributed by atoms with Gasteiger partial charge in [0, 0.05) is 28.2 Å². The monoisotopic (exact) mass is 469 g/mol. The topological polar surface area (TPSA) is 79.4 Å². The third-order valence-electron chi connectivity index (χ3n) is 3.98. The number of carbonyl (C=O) groups is 1. The van der Waals surface area contributed by atoms with Gasteiger partial charge in [0.2, 0.25) is 5.91 Å². The Labute approximate surface area is 183 Å². The molecule has 3 aromatic rings. The molecule has 0 atom stereocenters. The molecule has 0 aliphatic rings. The molecule has 1 aromatic heterocycles. The van der Waals surface area contributed by atoms with Crippen LogP contribution in [0.25, 0.3) is 0 Å². The maximum absolute atomic E-state index is 13.0. The Bertz CT molecular complexity index is 1080. The highest BCUT2D eigenvalue weighted by atomic mass is 35.5.